The van der Waals surface area contributed by atoms with Gasteiger partial charge >= 0.3 is 5.97 Å². The number of halogens is 1. The Morgan fingerprint density at radius 3 is 2.58 bits per heavy atom. The van der Waals surface area contributed by atoms with Crippen molar-refractivity contribution in [2.75, 3.05) is 7.11 Å². The van der Waals surface area contributed by atoms with Crippen molar-refractivity contribution in [3.8, 4) is 5.75 Å². The summed E-state index contributed by atoms with van der Waals surface area (Å²) in [6.45, 7) is 2.80. The van der Waals surface area contributed by atoms with E-state index in [1.165, 1.54) is 7.11 Å². The van der Waals surface area contributed by atoms with Gasteiger partial charge in [-0.3, -0.25) is 0 Å². The Kier molecular flexibility index (Phi) is 6.33. The molecule has 4 aromatic rings. The normalized spacial score (nSPS) is 11.3. The van der Waals surface area contributed by atoms with Gasteiger partial charge in [-0.15, -0.1) is 0 Å². The summed E-state index contributed by atoms with van der Waals surface area (Å²) in [6, 6.07) is 17.7. The average Bonchev–Trinajstić information content (AvgIpc) is 3.09. The maximum absolute atomic E-state index is 12.5. The first-order chi connectivity index (χ1) is 15.0. The zero-order valence-corrected chi connectivity index (χ0v) is 19.4. The molecule has 0 aliphatic rings. The highest BCUT2D eigenvalue weighted by atomic mass is 79.9. The highest BCUT2D eigenvalue weighted by Gasteiger charge is 2.21. The predicted octanol–water partition coefficient (Wildman–Crippen LogP) is 6.83. The first kappa shape index (κ1) is 21.4. The maximum Gasteiger partial charge on any atom is 0.338 e. The molecule has 5 heteroatoms. The second-order valence-electron chi connectivity index (χ2n) is 7.84. The molecule has 0 atom stereocenters. The van der Waals surface area contributed by atoms with E-state index in [0.717, 1.165) is 57.7 Å². The Bertz CT molecular complexity index is 1260. The fourth-order valence-corrected chi connectivity index (χ4v) is 4.68. The molecule has 0 radical (unpaired) electrons. The van der Waals surface area contributed by atoms with Crippen molar-refractivity contribution in [1.82, 2.24) is 4.57 Å². The number of rotatable bonds is 7. The van der Waals surface area contributed by atoms with E-state index >= 15 is 0 Å². The third kappa shape index (κ3) is 4.07. The van der Waals surface area contributed by atoms with Crippen molar-refractivity contribution < 1.29 is 14.6 Å². The molecule has 0 aliphatic carbocycles. The van der Waals surface area contributed by atoms with Gasteiger partial charge in [-0.1, -0.05) is 60.0 Å². The number of fused-ring (bicyclic) bond motifs is 3. The average molecular weight is 480 g/mol. The lowest BCUT2D eigenvalue weighted by molar-refractivity contribution is 0.0603. The quantitative estimate of drug-likeness (QED) is 0.233. The molecular weight excluding hydrogens is 454 g/mol. The van der Waals surface area contributed by atoms with Crippen LogP contribution in [0.15, 0.2) is 59.1 Å². The largest absolute Gasteiger partial charge is 0.507 e. The number of ether oxygens (including phenoxy) is 1. The first-order valence-corrected chi connectivity index (χ1v) is 11.4. The second kappa shape index (κ2) is 9.15. The number of phenols is 1. The number of benzene rings is 3. The minimum atomic E-state index is -0.406. The second-order valence-corrected chi connectivity index (χ2v) is 8.69. The highest BCUT2D eigenvalue weighted by Crippen LogP contribution is 2.39. The summed E-state index contributed by atoms with van der Waals surface area (Å²) in [5.41, 5.74) is 4.52. The summed E-state index contributed by atoms with van der Waals surface area (Å²) < 4.78 is 8.24. The van der Waals surface area contributed by atoms with E-state index in [0.29, 0.717) is 17.5 Å². The van der Waals surface area contributed by atoms with E-state index in [9.17, 15) is 9.90 Å². The van der Waals surface area contributed by atoms with Gasteiger partial charge in [0.25, 0.3) is 0 Å². The third-order valence-corrected chi connectivity index (χ3v) is 6.56. The van der Waals surface area contributed by atoms with E-state index in [1.54, 1.807) is 6.07 Å². The molecule has 0 unspecified atom stereocenters. The van der Waals surface area contributed by atoms with E-state index in [-0.39, 0.29) is 5.75 Å². The summed E-state index contributed by atoms with van der Waals surface area (Å²) in [5.74, 6) is -0.201. The molecular formula is C26H26BrNO3. The highest BCUT2D eigenvalue weighted by molar-refractivity contribution is 9.10. The van der Waals surface area contributed by atoms with Crippen LogP contribution in [0.5, 0.6) is 5.75 Å². The van der Waals surface area contributed by atoms with Crippen LogP contribution in [0.3, 0.4) is 0 Å². The van der Waals surface area contributed by atoms with E-state index in [1.807, 2.05) is 36.4 Å². The Morgan fingerprint density at radius 2 is 1.84 bits per heavy atom. The number of nitrogens with zero attached hydrogens (tertiary/aromatic N) is 1. The monoisotopic (exact) mass is 479 g/mol. The molecule has 160 valence electrons. The molecule has 1 aromatic heterocycles. The molecule has 0 saturated heterocycles. The molecule has 0 aliphatic heterocycles. The van der Waals surface area contributed by atoms with E-state index < -0.39 is 5.97 Å². The molecule has 31 heavy (non-hydrogen) atoms. The number of aryl methyl sites for hydroxylation is 1. The minimum Gasteiger partial charge on any atom is -0.507 e. The van der Waals surface area contributed by atoms with Crippen molar-refractivity contribution >= 4 is 43.7 Å². The molecule has 0 amide bonds. The zero-order chi connectivity index (χ0) is 22.0. The minimum absolute atomic E-state index is 0.205. The zero-order valence-electron chi connectivity index (χ0n) is 17.8. The van der Waals surface area contributed by atoms with Gasteiger partial charge in [0.1, 0.15) is 5.75 Å². The number of carbonyl (C=O) groups excluding carboxylic acids is 1. The Hall–Kier alpha value is -2.79. The molecule has 3 aromatic carbocycles. The molecule has 0 fully saturated rings. The summed E-state index contributed by atoms with van der Waals surface area (Å²) in [5, 5.41) is 12.5. The van der Waals surface area contributed by atoms with Gasteiger partial charge in [0.2, 0.25) is 0 Å². The standard InChI is InChI=1S/C26H26BrNO3/c1-3-4-5-9-17-14-22-25(23(29)15-17)24-19(26(30)31-2)11-8-13-21(24)28(22)16-18-10-6-7-12-20(18)27/h6-8,10-15,29H,3-5,9,16H2,1-2H3. The Balaban J connectivity index is 1.99. The summed E-state index contributed by atoms with van der Waals surface area (Å²) >= 11 is 3.65. The van der Waals surface area contributed by atoms with E-state index in [4.69, 9.17) is 4.74 Å². The number of aromatic nitrogens is 1. The fourth-order valence-electron chi connectivity index (χ4n) is 4.27. The van der Waals surface area contributed by atoms with Gasteiger partial charge < -0.3 is 14.4 Å². The van der Waals surface area contributed by atoms with Crippen LogP contribution in [0.25, 0.3) is 21.8 Å². The molecule has 0 spiro atoms. The van der Waals surface area contributed by atoms with Gasteiger partial charge in [0.15, 0.2) is 0 Å². The van der Waals surface area contributed by atoms with Gasteiger partial charge in [0.05, 0.1) is 29.1 Å². The number of aromatic hydroxyl groups is 1. The lowest BCUT2D eigenvalue weighted by atomic mass is 10.0. The van der Waals surface area contributed by atoms with Crippen LogP contribution < -0.4 is 0 Å². The number of phenolic OH excluding ortho intramolecular Hbond substituents is 1. The smallest absolute Gasteiger partial charge is 0.338 e. The first-order valence-electron chi connectivity index (χ1n) is 10.6. The van der Waals surface area contributed by atoms with Crippen molar-refractivity contribution in [3.05, 3.63) is 75.8 Å². The number of hydrogen-bond acceptors (Lipinski definition) is 3. The Labute approximate surface area is 190 Å². The summed E-state index contributed by atoms with van der Waals surface area (Å²) in [6.07, 6.45) is 4.31. The van der Waals surface area contributed by atoms with Crippen LogP contribution in [0.4, 0.5) is 0 Å². The molecule has 0 saturated carbocycles. The van der Waals surface area contributed by atoms with Gasteiger partial charge in [-0.05, 0) is 54.3 Å². The molecule has 4 nitrogen and oxygen atoms in total. The lowest BCUT2D eigenvalue weighted by Crippen LogP contribution is -2.03. The van der Waals surface area contributed by atoms with Crippen LogP contribution >= 0.6 is 15.9 Å². The third-order valence-electron chi connectivity index (χ3n) is 5.79. The van der Waals surface area contributed by atoms with Crippen LogP contribution in [0.2, 0.25) is 0 Å². The summed E-state index contributed by atoms with van der Waals surface area (Å²) in [4.78, 5) is 12.5. The van der Waals surface area contributed by atoms with E-state index in [2.05, 4.69) is 39.6 Å². The number of unbranched alkanes of at least 4 members (excludes halogenated alkanes) is 2. The van der Waals surface area contributed by atoms with Gasteiger partial charge in [0, 0.05) is 16.4 Å². The number of methoxy groups -OCH3 is 1. The Morgan fingerprint density at radius 1 is 1.03 bits per heavy atom. The lowest BCUT2D eigenvalue weighted by Gasteiger charge is -2.11. The fraction of sp³-hybridized carbons (Fsp3) is 0.269. The van der Waals surface area contributed by atoms with Gasteiger partial charge in [-0.25, -0.2) is 4.79 Å². The molecule has 1 N–H and O–H groups in total. The predicted molar refractivity (Wildman–Crippen MR) is 129 cm³/mol. The maximum atomic E-state index is 12.5. The molecule has 1 heterocycles. The van der Waals surface area contributed by atoms with Gasteiger partial charge in [-0.2, -0.15) is 0 Å². The topological polar surface area (TPSA) is 51.5 Å². The van der Waals surface area contributed by atoms with Crippen molar-refractivity contribution in [2.24, 2.45) is 0 Å². The van der Waals surface area contributed by atoms with Crippen molar-refractivity contribution in [3.63, 3.8) is 0 Å². The number of carbonyl (C=O) groups is 1. The molecule has 0 bridgehead atoms. The van der Waals surface area contributed by atoms with Crippen molar-refractivity contribution in [2.45, 2.75) is 39.2 Å². The van der Waals surface area contributed by atoms with Crippen LogP contribution in [0.1, 0.15) is 47.7 Å². The number of esters is 1. The van der Waals surface area contributed by atoms with Crippen molar-refractivity contribution in [1.29, 1.82) is 0 Å². The van der Waals surface area contributed by atoms with Crippen LogP contribution in [0, 0.1) is 0 Å². The summed E-state index contributed by atoms with van der Waals surface area (Å²) in [7, 11) is 1.38. The SMILES string of the molecule is CCCCCc1cc(O)c2c3c(C(=O)OC)cccc3n(Cc3ccccc3Br)c2c1. The van der Waals surface area contributed by atoms with Crippen LogP contribution in [-0.4, -0.2) is 22.8 Å². The molecule has 4 rings (SSSR count). The number of hydrogen-bond donors (Lipinski definition) is 1. The van der Waals surface area contributed by atoms with Crippen LogP contribution in [-0.2, 0) is 17.7 Å².